The molecule has 0 amide bonds. The summed E-state index contributed by atoms with van der Waals surface area (Å²) in [5.41, 5.74) is 1.20. The molecule has 15 heavy (non-hydrogen) atoms. The Hall–Kier alpha value is -1.84. The summed E-state index contributed by atoms with van der Waals surface area (Å²) >= 11 is 0. The third-order valence-electron chi connectivity index (χ3n) is 1.71. The second-order valence-corrected chi connectivity index (χ2v) is 3.25. The van der Waals surface area contributed by atoms with Crippen LogP contribution in [-0.2, 0) is 0 Å². The minimum absolute atomic E-state index is 0.0830. The molecule has 1 rings (SSSR count). The highest BCUT2D eigenvalue weighted by Crippen LogP contribution is 2.13. The van der Waals surface area contributed by atoms with Crippen LogP contribution in [0.5, 0.6) is 5.88 Å². The van der Waals surface area contributed by atoms with E-state index < -0.39 is 5.97 Å². The summed E-state index contributed by atoms with van der Waals surface area (Å²) in [6.45, 7) is 4.22. The van der Waals surface area contributed by atoms with Gasteiger partial charge in [0.05, 0.1) is 0 Å². The van der Waals surface area contributed by atoms with Crippen molar-refractivity contribution in [3.05, 3.63) is 35.5 Å². The van der Waals surface area contributed by atoms with Gasteiger partial charge in [0.2, 0.25) is 5.88 Å². The minimum atomic E-state index is -1.03. The van der Waals surface area contributed by atoms with Gasteiger partial charge in [-0.3, -0.25) is 0 Å². The lowest BCUT2D eigenvalue weighted by atomic mass is 10.3. The number of hydrogen-bond donors (Lipinski definition) is 1. The maximum atomic E-state index is 10.8. The molecule has 0 saturated heterocycles. The zero-order valence-corrected chi connectivity index (χ0v) is 8.73. The smallest absolute Gasteiger partial charge is 0.341 e. The van der Waals surface area contributed by atoms with Gasteiger partial charge in [-0.2, -0.15) is 0 Å². The number of carboxylic acids is 1. The summed E-state index contributed by atoms with van der Waals surface area (Å²) in [5, 5.41) is 8.84. The second-order valence-electron chi connectivity index (χ2n) is 3.25. The van der Waals surface area contributed by atoms with Crippen LogP contribution in [0.2, 0.25) is 0 Å². The van der Waals surface area contributed by atoms with Gasteiger partial charge < -0.3 is 9.84 Å². The minimum Gasteiger partial charge on any atom is -0.477 e. The standard InChI is InChI=1S/C11H13NO3/c1-8(2)5-7-15-10-9(11(13)14)4-3-6-12-10/h3-6H,7H2,1-2H3,(H,13,14). The third kappa shape index (κ3) is 3.42. The summed E-state index contributed by atoms with van der Waals surface area (Å²) in [6.07, 6.45) is 3.37. The summed E-state index contributed by atoms with van der Waals surface area (Å²) in [5.74, 6) is -0.877. The number of aromatic carboxylic acids is 1. The van der Waals surface area contributed by atoms with Crippen LogP contribution in [0.4, 0.5) is 0 Å². The largest absolute Gasteiger partial charge is 0.477 e. The monoisotopic (exact) mass is 207 g/mol. The lowest BCUT2D eigenvalue weighted by Gasteiger charge is -2.05. The summed E-state index contributed by atoms with van der Waals surface area (Å²) in [4.78, 5) is 14.6. The van der Waals surface area contributed by atoms with Gasteiger partial charge in [-0.25, -0.2) is 9.78 Å². The van der Waals surface area contributed by atoms with Crippen LogP contribution >= 0.6 is 0 Å². The van der Waals surface area contributed by atoms with E-state index in [1.807, 2.05) is 19.9 Å². The number of nitrogens with zero attached hydrogens (tertiary/aromatic N) is 1. The number of hydrogen-bond acceptors (Lipinski definition) is 3. The molecule has 0 radical (unpaired) electrons. The van der Waals surface area contributed by atoms with E-state index in [-0.39, 0.29) is 11.4 Å². The van der Waals surface area contributed by atoms with Gasteiger partial charge in [0.1, 0.15) is 12.2 Å². The molecule has 1 N–H and O–H groups in total. The van der Waals surface area contributed by atoms with Crippen LogP contribution in [0.25, 0.3) is 0 Å². The molecule has 0 unspecified atom stereocenters. The average molecular weight is 207 g/mol. The average Bonchev–Trinajstić information content (AvgIpc) is 2.17. The summed E-state index contributed by atoms with van der Waals surface area (Å²) < 4.78 is 5.24. The first-order valence-corrected chi connectivity index (χ1v) is 4.55. The number of carboxylic acid groups (broad SMARTS) is 1. The quantitative estimate of drug-likeness (QED) is 0.768. The van der Waals surface area contributed by atoms with Crippen molar-refractivity contribution in [2.24, 2.45) is 0 Å². The van der Waals surface area contributed by atoms with Crippen molar-refractivity contribution in [3.63, 3.8) is 0 Å². The lowest BCUT2D eigenvalue weighted by Crippen LogP contribution is -2.04. The molecule has 0 atom stereocenters. The van der Waals surface area contributed by atoms with Gasteiger partial charge in [-0.15, -0.1) is 0 Å². The van der Waals surface area contributed by atoms with Crippen molar-refractivity contribution in [2.75, 3.05) is 6.61 Å². The van der Waals surface area contributed by atoms with Crippen molar-refractivity contribution in [3.8, 4) is 5.88 Å². The fraction of sp³-hybridized carbons (Fsp3) is 0.273. The van der Waals surface area contributed by atoms with Gasteiger partial charge in [-0.05, 0) is 32.1 Å². The molecule has 1 aromatic rings. The highest BCUT2D eigenvalue weighted by Gasteiger charge is 2.10. The molecule has 1 aromatic heterocycles. The van der Waals surface area contributed by atoms with E-state index in [4.69, 9.17) is 9.84 Å². The van der Waals surface area contributed by atoms with E-state index in [1.54, 1.807) is 6.07 Å². The highest BCUT2D eigenvalue weighted by atomic mass is 16.5. The fourth-order valence-corrected chi connectivity index (χ4v) is 0.956. The molecule has 4 heteroatoms. The Bertz CT molecular complexity index is 381. The number of rotatable bonds is 4. The molecule has 80 valence electrons. The topological polar surface area (TPSA) is 59.4 Å². The zero-order chi connectivity index (χ0) is 11.3. The molecule has 0 saturated carbocycles. The van der Waals surface area contributed by atoms with Crippen molar-refractivity contribution < 1.29 is 14.6 Å². The molecule has 0 aliphatic heterocycles. The number of carbonyl (C=O) groups is 1. The Morgan fingerprint density at radius 2 is 2.33 bits per heavy atom. The molecular formula is C11H13NO3. The second kappa shape index (κ2) is 5.14. The SMILES string of the molecule is CC(C)=CCOc1ncccc1C(=O)O. The molecule has 0 bridgehead atoms. The van der Waals surface area contributed by atoms with E-state index in [2.05, 4.69) is 4.98 Å². The summed E-state index contributed by atoms with van der Waals surface area (Å²) in [6, 6.07) is 3.03. The van der Waals surface area contributed by atoms with Crippen LogP contribution in [0, 0.1) is 0 Å². The number of aromatic nitrogens is 1. The predicted octanol–water partition coefficient (Wildman–Crippen LogP) is 2.12. The maximum Gasteiger partial charge on any atom is 0.341 e. The normalized spacial score (nSPS) is 9.47. The van der Waals surface area contributed by atoms with Crippen LogP contribution < -0.4 is 4.74 Å². The Kier molecular flexibility index (Phi) is 3.85. The van der Waals surface area contributed by atoms with Crippen molar-refractivity contribution >= 4 is 5.97 Å². The van der Waals surface area contributed by atoms with E-state index >= 15 is 0 Å². The van der Waals surface area contributed by atoms with Crippen LogP contribution in [-0.4, -0.2) is 22.7 Å². The van der Waals surface area contributed by atoms with Crippen LogP contribution in [0.3, 0.4) is 0 Å². The number of ether oxygens (including phenoxy) is 1. The van der Waals surface area contributed by atoms with E-state index in [9.17, 15) is 4.79 Å². The molecule has 0 fully saturated rings. The van der Waals surface area contributed by atoms with Gasteiger partial charge >= 0.3 is 5.97 Å². The number of allylic oxidation sites excluding steroid dienone is 1. The highest BCUT2D eigenvalue weighted by molar-refractivity contribution is 5.90. The predicted molar refractivity (Wildman–Crippen MR) is 56.1 cm³/mol. The van der Waals surface area contributed by atoms with E-state index in [0.717, 1.165) is 5.57 Å². The Morgan fingerprint density at radius 1 is 1.60 bits per heavy atom. The number of pyridine rings is 1. The fourth-order valence-electron chi connectivity index (χ4n) is 0.956. The van der Waals surface area contributed by atoms with E-state index in [1.165, 1.54) is 12.3 Å². The third-order valence-corrected chi connectivity index (χ3v) is 1.71. The zero-order valence-electron chi connectivity index (χ0n) is 8.73. The van der Waals surface area contributed by atoms with Gasteiger partial charge in [0.15, 0.2) is 0 Å². The van der Waals surface area contributed by atoms with Gasteiger partial charge in [0.25, 0.3) is 0 Å². The van der Waals surface area contributed by atoms with Crippen molar-refractivity contribution in [2.45, 2.75) is 13.8 Å². The first-order chi connectivity index (χ1) is 7.11. The maximum absolute atomic E-state index is 10.8. The molecular weight excluding hydrogens is 194 g/mol. The lowest BCUT2D eigenvalue weighted by molar-refractivity contribution is 0.0692. The molecule has 0 spiro atoms. The molecule has 0 aromatic carbocycles. The molecule has 4 nitrogen and oxygen atoms in total. The van der Waals surface area contributed by atoms with Crippen molar-refractivity contribution in [1.82, 2.24) is 4.98 Å². The van der Waals surface area contributed by atoms with Crippen LogP contribution in [0.1, 0.15) is 24.2 Å². The molecule has 0 aliphatic rings. The molecule has 0 aliphatic carbocycles. The Balaban J connectivity index is 2.76. The summed E-state index contributed by atoms with van der Waals surface area (Å²) in [7, 11) is 0. The first-order valence-electron chi connectivity index (χ1n) is 4.55. The Morgan fingerprint density at radius 3 is 2.93 bits per heavy atom. The first kappa shape index (κ1) is 11.2. The van der Waals surface area contributed by atoms with E-state index in [0.29, 0.717) is 6.61 Å². The van der Waals surface area contributed by atoms with Gasteiger partial charge in [0, 0.05) is 6.20 Å². The van der Waals surface area contributed by atoms with Crippen molar-refractivity contribution in [1.29, 1.82) is 0 Å². The molecule has 1 heterocycles. The Labute approximate surface area is 88.2 Å². The van der Waals surface area contributed by atoms with Gasteiger partial charge in [-0.1, -0.05) is 5.57 Å². The van der Waals surface area contributed by atoms with Crippen LogP contribution in [0.15, 0.2) is 30.0 Å².